The zero-order chi connectivity index (χ0) is 45.9. The van der Waals surface area contributed by atoms with Gasteiger partial charge >= 0.3 is 11.9 Å². The first-order chi connectivity index (χ1) is 30.8. The summed E-state index contributed by atoms with van der Waals surface area (Å²) >= 11 is 0. The van der Waals surface area contributed by atoms with Gasteiger partial charge in [0.15, 0.2) is 12.4 Å². The summed E-state index contributed by atoms with van der Waals surface area (Å²) in [6.07, 6.45) is 42.3. The summed E-state index contributed by atoms with van der Waals surface area (Å²) in [5, 5.41) is 40.2. The normalized spacial score (nSPS) is 19.5. The molecule has 0 aliphatic carbocycles. The molecule has 0 aromatic carbocycles. The van der Waals surface area contributed by atoms with Crippen LogP contribution in [0.15, 0.2) is 12.2 Å². The van der Waals surface area contributed by atoms with Gasteiger partial charge in [0, 0.05) is 12.8 Å². The molecular weight excluding hydrogens is 797 g/mol. The second-order valence-electron chi connectivity index (χ2n) is 18.7. The van der Waals surface area contributed by atoms with Crippen LogP contribution in [0.2, 0.25) is 0 Å². The van der Waals surface area contributed by atoms with Crippen molar-refractivity contribution in [1.82, 2.24) is 0 Å². The molecule has 1 heterocycles. The number of aliphatic hydroxyl groups excluding tert-OH is 4. The molecule has 0 radical (unpaired) electrons. The van der Waals surface area contributed by atoms with Crippen LogP contribution >= 0.6 is 0 Å². The smallest absolute Gasteiger partial charge is 0.306 e. The van der Waals surface area contributed by atoms with Crippen molar-refractivity contribution in [3.05, 3.63) is 12.2 Å². The second kappa shape index (κ2) is 44.3. The molecule has 0 saturated carbocycles. The largest absolute Gasteiger partial charge is 0.462 e. The number of carbonyl (C=O) groups excluding carboxylic acids is 2. The third-order valence-corrected chi connectivity index (χ3v) is 12.7. The maximum absolute atomic E-state index is 12.8. The summed E-state index contributed by atoms with van der Waals surface area (Å²) in [6.45, 7) is 3.45. The van der Waals surface area contributed by atoms with Gasteiger partial charge in [-0.05, 0) is 38.5 Å². The molecule has 0 spiro atoms. The number of rotatable bonds is 46. The highest BCUT2D eigenvalue weighted by Gasteiger charge is 2.44. The number of allylic oxidation sites excluding steroid dienone is 2. The summed E-state index contributed by atoms with van der Waals surface area (Å²) in [6, 6.07) is 0. The van der Waals surface area contributed by atoms with Gasteiger partial charge in [-0.3, -0.25) is 9.59 Å². The van der Waals surface area contributed by atoms with Gasteiger partial charge in [-0.25, -0.2) is 0 Å². The van der Waals surface area contributed by atoms with Crippen LogP contribution in [0.5, 0.6) is 0 Å². The molecular formula is C53H100O10. The van der Waals surface area contributed by atoms with E-state index in [2.05, 4.69) is 26.0 Å². The lowest BCUT2D eigenvalue weighted by Crippen LogP contribution is -2.59. The minimum atomic E-state index is -1.59. The Bertz CT molecular complexity index is 1040. The number of esters is 2. The van der Waals surface area contributed by atoms with Crippen molar-refractivity contribution in [2.75, 3.05) is 19.8 Å². The van der Waals surface area contributed by atoms with Crippen LogP contribution < -0.4 is 0 Å². The fraction of sp³-hybridized carbons (Fsp3) is 0.925. The van der Waals surface area contributed by atoms with Crippen molar-refractivity contribution in [3.8, 4) is 0 Å². The molecule has 1 rings (SSSR count). The van der Waals surface area contributed by atoms with Crippen LogP contribution in [-0.4, -0.2) is 89.0 Å². The van der Waals surface area contributed by atoms with Crippen LogP contribution in [0.1, 0.15) is 258 Å². The molecule has 10 nitrogen and oxygen atoms in total. The van der Waals surface area contributed by atoms with E-state index in [1.165, 1.54) is 180 Å². The zero-order valence-corrected chi connectivity index (χ0v) is 40.8. The van der Waals surface area contributed by atoms with E-state index < -0.39 is 55.4 Å². The van der Waals surface area contributed by atoms with E-state index in [0.29, 0.717) is 12.8 Å². The molecule has 1 saturated heterocycles. The highest BCUT2D eigenvalue weighted by Crippen LogP contribution is 2.23. The van der Waals surface area contributed by atoms with Gasteiger partial charge in [0.1, 0.15) is 31.0 Å². The van der Waals surface area contributed by atoms with Crippen LogP contribution in [0.4, 0.5) is 0 Å². The van der Waals surface area contributed by atoms with E-state index in [-0.39, 0.29) is 26.1 Å². The predicted octanol–water partition coefficient (Wildman–Crippen LogP) is 12.7. The number of ether oxygens (including phenoxy) is 4. The van der Waals surface area contributed by atoms with E-state index in [1.807, 2.05) is 0 Å². The van der Waals surface area contributed by atoms with E-state index in [4.69, 9.17) is 18.9 Å². The zero-order valence-electron chi connectivity index (χ0n) is 40.8. The third-order valence-electron chi connectivity index (χ3n) is 12.7. The lowest BCUT2D eigenvalue weighted by molar-refractivity contribution is -0.305. The molecule has 0 bridgehead atoms. The molecule has 1 aliphatic rings. The molecule has 10 heteroatoms. The average Bonchev–Trinajstić information content (AvgIpc) is 3.28. The number of hydrogen-bond donors (Lipinski definition) is 4. The van der Waals surface area contributed by atoms with Crippen LogP contribution in [-0.2, 0) is 28.5 Å². The lowest BCUT2D eigenvalue weighted by Gasteiger charge is -2.39. The molecule has 1 aliphatic heterocycles. The first-order valence-corrected chi connectivity index (χ1v) is 26.8. The van der Waals surface area contributed by atoms with Gasteiger partial charge in [0.2, 0.25) is 0 Å². The average molecular weight is 897 g/mol. The Kier molecular flexibility index (Phi) is 41.8. The van der Waals surface area contributed by atoms with Gasteiger partial charge in [0.25, 0.3) is 0 Å². The van der Waals surface area contributed by atoms with Crippen molar-refractivity contribution in [3.63, 3.8) is 0 Å². The van der Waals surface area contributed by atoms with E-state index in [9.17, 15) is 30.0 Å². The van der Waals surface area contributed by atoms with Crippen LogP contribution in [0.25, 0.3) is 0 Å². The second-order valence-corrected chi connectivity index (χ2v) is 18.7. The maximum atomic E-state index is 12.8. The molecule has 63 heavy (non-hydrogen) atoms. The Morgan fingerprint density at radius 2 is 0.841 bits per heavy atom. The topological polar surface area (TPSA) is 152 Å². The minimum absolute atomic E-state index is 0.222. The van der Waals surface area contributed by atoms with Crippen LogP contribution in [0.3, 0.4) is 0 Å². The third kappa shape index (κ3) is 35.3. The summed E-state index contributed by atoms with van der Waals surface area (Å²) < 4.78 is 22.2. The summed E-state index contributed by atoms with van der Waals surface area (Å²) in [5.41, 5.74) is 0. The SMILES string of the molecule is CCCCCCCCCCC/C=C/CCCCC(=O)OC[C@H](CO[C@@H]1O[C@H](CO)[C@H](O)C(O)C1O)OC(=O)CCCCCCCCCCCCCCCCCCCCCCCCC. The first-order valence-electron chi connectivity index (χ1n) is 26.8. The number of carbonyl (C=O) groups is 2. The summed E-state index contributed by atoms with van der Waals surface area (Å²) in [7, 11) is 0. The Morgan fingerprint density at radius 3 is 1.27 bits per heavy atom. The van der Waals surface area contributed by atoms with Crippen LogP contribution in [0, 0.1) is 0 Å². The van der Waals surface area contributed by atoms with Gasteiger partial charge < -0.3 is 39.4 Å². The number of aliphatic hydroxyl groups is 4. The minimum Gasteiger partial charge on any atom is -0.462 e. The van der Waals surface area contributed by atoms with Gasteiger partial charge in [-0.2, -0.15) is 0 Å². The van der Waals surface area contributed by atoms with Crippen molar-refractivity contribution in [1.29, 1.82) is 0 Å². The number of unbranched alkanes of at least 4 members (excludes halogenated alkanes) is 33. The van der Waals surface area contributed by atoms with Crippen molar-refractivity contribution < 1.29 is 49.0 Å². The monoisotopic (exact) mass is 897 g/mol. The molecule has 6 atom stereocenters. The van der Waals surface area contributed by atoms with E-state index >= 15 is 0 Å². The first kappa shape index (κ1) is 59.5. The van der Waals surface area contributed by atoms with Crippen molar-refractivity contribution >= 4 is 11.9 Å². The molecule has 4 N–H and O–H groups in total. The quantitative estimate of drug-likeness (QED) is 0.0264. The van der Waals surface area contributed by atoms with Crippen molar-refractivity contribution in [2.45, 2.75) is 295 Å². The molecule has 372 valence electrons. The molecule has 2 unspecified atom stereocenters. The standard InChI is InChI=1S/C53H100O10/c1-3-5-7-9-11-13-15-17-19-20-21-22-23-24-25-26-28-30-32-34-36-38-40-42-49(56)62-46(45-61-53-52(59)51(58)50(57)47(43-54)63-53)44-60-48(55)41-39-37-35-33-31-29-27-18-16-14-12-10-8-6-4-2/h31,33,46-47,50-54,57-59H,3-30,32,34-45H2,1-2H3/b33-31+/t46-,47-,50+,51?,52?,53-/m1/s1. The highest BCUT2D eigenvalue weighted by molar-refractivity contribution is 5.70. The van der Waals surface area contributed by atoms with Gasteiger partial charge in [-0.15, -0.1) is 0 Å². The van der Waals surface area contributed by atoms with Crippen molar-refractivity contribution in [2.24, 2.45) is 0 Å². The maximum Gasteiger partial charge on any atom is 0.306 e. The Balaban J connectivity index is 2.22. The molecule has 0 amide bonds. The Labute approximate surface area is 386 Å². The Morgan fingerprint density at radius 1 is 0.476 bits per heavy atom. The number of hydrogen-bond acceptors (Lipinski definition) is 10. The fourth-order valence-electron chi connectivity index (χ4n) is 8.42. The highest BCUT2D eigenvalue weighted by atomic mass is 16.7. The van der Waals surface area contributed by atoms with Gasteiger partial charge in [-0.1, -0.05) is 219 Å². The predicted molar refractivity (Wildman–Crippen MR) is 256 cm³/mol. The summed E-state index contributed by atoms with van der Waals surface area (Å²) in [4.78, 5) is 25.4. The lowest BCUT2D eigenvalue weighted by atomic mass is 9.99. The van der Waals surface area contributed by atoms with E-state index in [1.54, 1.807) is 0 Å². The summed E-state index contributed by atoms with van der Waals surface area (Å²) in [5.74, 6) is -0.816. The fourth-order valence-corrected chi connectivity index (χ4v) is 8.42. The molecule has 1 fully saturated rings. The molecule has 0 aromatic heterocycles. The molecule has 0 aromatic rings. The Hall–Kier alpha value is -1.56. The van der Waals surface area contributed by atoms with Gasteiger partial charge in [0.05, 0.1) is 13.2 Å². The van der Waals surface area contributed by atoms with E-state index in [0.717, 1.165) is 38.5 Å².